The SMILES string of the molecule is CCc1cnc(CCNC(=NC)NCCCn2cccn2)s1. The van der Waals surface area contributed by atoms with Crippen LogP contribution in [0.1, 0.15) is 23.2 Å². The molecule has 2 rings (SSSR count). The van der Waals surface area contributed by atoms with Crippen LogP contribution in [0.2, 0.25) is 0 Å². The Hall–Kier alpha value is -1.89. The Bertz CT molecular complexity index is 560. The average molecular weight is 320 g/mol. The number of hydrogen-bond donors (Lipinski definition) is 2. The van der Waals surface area contributed by atoms with Gasteiger partial charge in [-0.25, -0.2) is 4.98 Å². The number of guanidine groups is 1. The molecule has 0 aromatic carbocycles. The van der Waals surface area contributed by atoms with E-state index in [4.69, 9.17) is 0 Å². The molecule has 2 aromatic rings. The van der Waals surface area contributed by atoms with Crippen molar-refractivity contribution in [3.05, 3.63) is 34.5 Å². The van der Waals surface area contributed by atoms with E-state index in [1.54, 1.807) is 24.6 Å². The number of aromatic nitrogens is 3. The molecule has 2 aromatic heterocycles. The van der Waals surface area contributed by atoms with Crippen LogP contribution < -0.4 is 10.6 Å². The third kappa shape index (κ3) is 5.48. The van der Waals surface area contributed by atoms with E-state index >= 15 is 0 Å². The molecule has 7 heteroatoms. The molecular formula is C15H24N6S. The van der Waals surface area contributed by atoms with Crippen LogP contribution in [0.3, 0.4) is 0 Å². The lowest BCUT2D eigenvalue weighted by Gasteiger charge is -2.11. The zero-order valence-electron chi connectivity index (χ0n) is 13.2. The maximum Gasteiger partial charge on any atom is 0.190 e. The van der Waals surface area contributed by atoms with Gasteiger partial charge in [0.05, 0.1) is 5.01 Å². The molecule has 0 aliphatic heterocycles. The lowest BCUT2D eigenvalue weighted by molar-refractivity contribution is 0.570. The van der Waals surface area contributed by atoms with Gasteiger partial charge in [0.1, 0.15) is 0 Å². The fourth-order valence-electron chi connectivity index (χ4n) is 2.02. The van der Waals surface area contributed by atoms with Crippen LogP contribution in [-0.2, 0) is 19.4 Å². The van der Waals surface area contributed by atoms with Crippen LogP contribution in [0.15, 0.2) is 29.6 Å². The summed E-state index contributed by atoms with van der Waals surface area (Å²) in [7, 11) is 1.79. The van der Waals surface area contributed by atoms with E-state index in [1.807, 2.05) is 23.1 Å². The van der Waals surface area contributed by atoms with Gasteiger partial charge in [0.15, 0.2) is 5.96 Å². The first-order valence-electron chi connectivity index (χ1n) is 7.67. The minimum atomic E-state index is 0.840. The van der Waals surface area contributed by atoms with Crippen molar-refractivity contribution in [2.24, 2.45) is 4.99 Å². The van der Waals surface area contributed by atoms with E-state index < -0.39 is 0 Å². The van der Waals surface area contributed by atoms with E-state index in [9.17, 15) is 0 Å². The second kappa shape index (κ2) is 9.19. The van der Waals surface area contributed by atoms with E-state index in [1.165, 1.54) is 9.88 Å². The first-order chi connectivity index (χ1) is 10.8. The molecule has 0 fully saturated rings. The predicted molar refractivity (Wildman–Crippen MR) is 91.4 cm³/mol. The van der Waals surface area contributed by atoms with E-state index in [0.29, 0.717) is 0 Å². The molecule has 0 unspecified atom stereocenters. The Morgan fingerprint density at radius 2 is 2.23 bits per heavy atom. The van der Waals surface area contributed by atoms with Gasteiger partial charge in [-0.05, 0) is 18.9 Å². The molecule has 22 heavy (non-hydrogen) atoms. The van der Waals surface area contributed by atoms with Crippen molar-refractivity contribution in [2.45, 2.75) is 32.7 Å². The van der Waals surface area contributed by atoms with E-state index in [0.717, 1.165) is 44.9 Å². The molecule has 0 bridgehead atoms. The Balaban J connectivity index is 1.60. The third-order valence-electron chi connectivity index (χ3n) is 3.22. The summed E-state index contributed by atoms with van der Waals surface area (Å²) < 4.78 is 1.94. The van der Waals surface area contributed by atoms with Gasteiger partial charge in [0.2, 0.25) is 0 Å². The van der Waals surface area contributed by atoms with Crippen molar-refractivity contribution in [1.82, 2.24) is 25.4 Å². The normalized spacial score (nSPS) is 11.6. The van der Waals surface area contributed by atoms with Gasteiger partial charge in [-0.2, -0.15) is 5.10 Å². The fourth-order valence-corrected chi connectivity index (χ4v) is 2.88. The number of nitrogens with one attached hydrogen (secondary N) is 2. The molecule has 0 saturated heterocycles. The van der Waals surface area contributed by atoms with Crippen molar-refractivity contribution >= 4 is 17.3 Å². The maximum atomic E-state index is 4.42. The van der Waals surface area contributed by atoms with Gasteiger partial charge in [-0.15, -0.1) is 11.3 Å². The number of aryl methyl sites for hydroxylation is 2. The molecule has 0 aliphatic rings. The summed E-state index contributed by atoms with van der Waals surface area (Å²) in [4.78, 5) is 10.00. The summed E-state index contributed by atoms with van der Waals surface area (Å²) in [5, 5.41) is 12.0. The largest absolute Gasteiger partial charge is 0.356 e. The van der Waals surface area contributed by atoms with Crippen LogP contribution in [-0.4, -0.2) is 40.9 Å². The number of hydrogen-bond acceptors (Lipinski definition) is 4. The zero-order valence-corrected chi connectivity index (χ0v) is 14.1. The molecule has 2 N–H and O–H groups in total. The average Bonchev–Trinajstić information content (AvgIpc) is 3.21. The van der Waals surface area contributed by atoms with Crippen molar-refractivity contribution in [1.29, 1.82) is 0 Å². The molecule has 2 heterocycles. The minimum absolute atomic E-state index is 0.840. The molecule has 0 saturated carbocycles. The van der Waals surface area contributed by atoms with Crippen LogP contribution in [0.4, 0.5) is 0 Å². The Morgan fingerprint density at radius 3 is 2.91 bits per heavy atom. The Labute approximate surface area is 135 Å². The fraction of sp³-hybridized carbons (Fsp3) is 0.533. The first-order valence-corrected chi connectivity index (χ1v) is 8.49. The molecule has 0 atom stereocenters. The van der Waals surface area contributed by atoms with Gasteiger partial charge < -0.3 is 10.6 Å². The van der Waals surface area contributed by atoms with Crippen LogP contribution in [0, 0.1) is 0 Å². The van der Waals surface area contributed by atoms with E-state index in [-0.39, 0.29) is 0 Å². The van der Waals surface area contributed by atoms with Gasteiger partial charge >= 0.3 is 0 Å². The molecule has 0 amide bonds. The topological polar surface area (TPSA) is 67.1 Å². The second-order valence-corrected chi connectivity index (χ2v) is 6.07. The predicted octanol–water partition coefficient (Wildman–Crippen LogP) is 1.70. The highest BCUT2D eigenvalue weighted by Crippen LogP contribution is 2.13. The second-order valence-electron chi connectivity index (χ2n) is 4.87. The highest BCUT2D eigenvalue weighted by Gasteiger charge is 2.02. The van der Waals surface area contributed by atoms with Gasteiger partial charge in [0, 0.05) is 56.6 Å². The monoisotopic (exact) mass is 320 g/mol. The summed E-state index contributed by atoms with van der Waals surface area (Å²) >= 11 is 1.79. The van der Waals surface area contributed by atoms with Crippen molar-refractivity contribution < 1.29 is 0 Å². The summed E-state index contributed by atoms with van der Waals surface area (Å²) in [6, 6.07) is 1.94. The van der Waals surface area contributed by atoms with Crippen molar-refractivity contribution in [3.63, 3.8) is 0 Å². The maximum absolute atomic E-state index is 4.42. The van der Waals surface area contributed by atoms with Gasteiger partial charge in [-0.3, -0.25) is 9.67 Å². The number of aliphatic imine (C=N–C) groups is 1. The van der Waals surface area contributed by atoms with Crippen molar-refractivity contribution in [2.75, 3.05) is 20.1 Å². The van der Waals surface area contributed by atoms with Crippen LogP contribution in [0.25, 0.3) is 0 Å². The highest BCUT2D eigenvalue weighted by atomic mass is 32.1. The summed E-state index contributed by atoms with van der Waals surface area (Å²) in [6.07, 6.45) is 8.75. The molecule has 0 aliphatic carbocycles. The number of nitrogens with zero attached hydrogens (tertiary/aromatic N) is 4. The van der Waals surface area contributed by atoms with Crippen LogP contribution >= 0.6 is 11.3 Å². The molecule has 6 nitrogen and oxygen atoms in total. The zero-order chi connectivity index (χ0) is 15.6. The molecule has 0 radical (unpaired) electrons. The summed E-state index contributed by atoms with van der Waals surface area (Å²) in [5.41, 5.74) is 0. The lowest BCUT2D eigenvalue weighted by atomic mass is 10.4. The minimum Gasteiger partial charge on any atom is -0.356 e. The smallest absolute Gasteiger partial charge is 0.190 e. The standard InChI is InChI=1S/C15H24N6S/c1-3-13-12-19-14(22-13)6-9-18-15(16-2)17-7-4-10-21-11-5-8-20-21/h5,8,11-12H,3-4,6-7,9-10H2,1-2H3,(H2,16,17,18). The number of rotatable bonds is 8. The van der Waals surface area contributed by atoms with Gasteiger partial charge in [-0.1, -0.05) is 6.92 Å². The molecule has 0 spiro atoms. The molecule has 120 valence electrons. The summed E-state index contributed by atoms with van der Waals surface area (Å²) in [5.74, 6) is 0.840. The Kier molecular flexibility index (Phi) is 6.89. The van der Waals surface area contributed by atoms with Gasteiger partial charge in [0.25, 0.3) is 0 Å². The lowest BCUT2D eigenvalue weighted by Crippen LogP contribution is -2.39. The quantitative estimate of drug-likeness (QED) is 0.441. The summed E-state index contributed by atoms with van der Waals surface area (Å²) in [6.45, 7) is 4.78. The third-order valence-corrected chi connectivity index (χ3v) is 4.42. The molecular weight excluding hydrogens is 296 g/mol. The first kappa shape index (κ1) is 16.5. The Morgan fingerprint density at radius 1 is 1.36 bits per heavy atom. The highest BCUT2D eigenvalue weighted by molar-refractivity contribution is 7.11. The van der Waals surface area contributed by atoms with Crippen molar-refractivity contribution in [3.8, 4) is 0 Å². The van der Waals surface area contributed by atoms with E-state index in [2.05, 4.69) is 32.6 Å². The number of thiazole rings is 1. The van der Waals surface area contributed by atoms with Crippen LogP contribution in [0.5, 0.6) is 0 Å².